The Kier molecular flexibility index (Phi) is 3.15. The summed E-state index contributed by atoms with van der Waals surface area (Å²) in [4.78, 5) is 0. The minimum absolute atomic E-state index is 0.108. The van der Waals surface area contributed by atoms with Crippen molar-refractivity contribution in [2.45, 2.75) is 19.9 Å². The van der Waals surface area contributed by atoms with Crippen LogP contribution in [0.15, 0.2) is 40.8 Å². The largest absolute Gasteiger partial charge is 0.464 e. The number of benzene rings is 1. The number of nitriles is 1. The Balaban J connectivity index is 2.08. The van der Waals surface area contributed by atoms with Crippen molar-refractivity contribution in [3.05, 3.63) is 53.5 Å². The highest BCUT2D eigenvalue weighted by molar-refractivity contribution is 5.48. The Hall–Kier alpha value is -2.21. The molecule has 1 aromatic carbocycles. The number of nitrogens with one attached hydrogen (secondary N) is 1. The Morgan fingerprint density at radius 1 is 1.18 bits per heavy atom. The van der Waals surface area contributed by atoms with E-state index in [9.17, 15) is 0 Å². The van der Waals surface area contributed by atoms with Gasteiger partial charge in [-0.15, -0.1) is 0 Å². The predicted octanol–water partition coefficient (Wildman–Crippen LogP) is 3.63. The second kappa shape index (κ2) is 4.75. The first kappa shape index (κ1) is 11.3. The zero-order valence-electron chi connectivity index (χ0n) is 9.90. The molecule has 0 amide bonds. The van der Waals surface area contributed by atoms with E-state index in [0.29, 0.717) is 5.56 Å². The summed E-state index contributed by atoms with van der Waals surface area (Å²) in [6, 6.07) is 13.5. The number of rotatable bonds is 3. The van der Waals surface area contributed by atoms with Crippen LogP contribution in [0.2, 0.25) is 0 Å². The van der Waals surface area contributed by atoms with Gasteiger partial charge in [0.2, 0.25) is 0 Å². The quantitative estimate of drug-likeness (QED) is 0.869. The average Bonchev–Trinajstić information content (AvgIpc) is 2.77. The van der Waals surface area contributed by atoms with Crippen LogP contribution in [0.5, 0.6) is 0 Å². The zero-order chi connectivity index (χ0) is 12.3. The molecular formula is C14H14N2O. The van der Waals surface area contributed by atoms with E-state index in [1.807, 2.05) is 38.1 Å². The van der Waals surface area contributed by atoms with Crippen LogP contribution in [0.3, 0.4) is 0 Å². The first-order chi connectivity index (χ1) is 8.19. The Morgan fingerprint density at radius 2 is 1.88 bits per heavy atom. The van der Waals surface area contributed by atoms with Gasteiger partial charge < -0.3 is 9.73 Å². The van der Waals surface area contributed by atoms with Crippen molar-refractivity contribution < 1.29 is 4.42 Å². The molecule has 3 heteroatoms. The molecular weight excluding hydrogens is 212 g/mol. The maximum atomic E-state index is 8.71. The van der Waals surface area contributed by atoms with Crippen molar-refractivity contribution in [2.24, 2.45) is 0 Å². The molecule has 0 aliphatic carbocycles. The lowest BCUT2D eigenvalue weighted by Crippen LogP contribution is -2.05. The molecule has 0 spiro atoms. The van der Waals surface area contributed by atoms with Crippen LogP contribution in [-0.4, -0.2) is 0 Å². The molecule has 1 atom stereocenters. The van der Waals surface area contributed by atoms with E-state index >= 15 is 0 Å². The summed E-state index contributed by atoms with van der Waals surface area (Å²) in [5.74, 6) is 1.82. The van der Waals surface area contributed by atoms with Crippen molar-refractivity contribution in [3.63, 3.8) is 0 Å². The minimum Gasteiger partial charge on any atom is -0.464 e. The third-order valence-electron chi connectivity index (χ3n) is 2.59. The maximum absolute atomic E-state index is 8.71. The van der Waals surface area contributed by atoms with Crippen molar-refractivity contribution in [3.8, 4) is 6.07 Å². The molecule has 0 radical (unpaired) electrons. The first-order valence-corrected chi connectivity index (χ1v) is 5.52. The molecule has 0 aliphatic rings. The molecule has 3 nitrogen and oxygen atoms in total. The van der Waals surface area contributed by atoms with Crippen molar-refractivity contribution in [1.82, 2.24) is 0 Å². The summed E-state index contributed by atoms with van der Waals surface area (Å²) in [5, 5.41) is 12.0. The van der Waals surface area contributed by atoms with E-state index in [4.69, 9.17) is 9.68 Å². The van der Waals surface area contributed by atoms with Gasteiger partial charge in [-0.05, 0) is 50.2 Å². The fraction of sp³-hybridized carbons (Fsp3) is 0.214. The van der Waals surface area contributed by atoms with Gasteiger partial charge in [0, 0.05) is 5.69 Å². The summed E-state index contributed by atoms with van der Waals surface area (Å²) in [7, 11) is 0. The van der Waals surface area contributed by atoms with Gasteiger partial charge in [0.25, 0.3) is 0 Å². The van der Waals surface area contributed by atoms with Crippen LogP contribution in [0, 0.1) is 18.3 Å². The van der Waals surface area contributed by atoms with Gasteiger partial charge in [-0.25, -0.2) is 0 Å². The third kappa shape index (κ3) is 2.67. The predicted molar refractivity (Wildman–Crippen MR) is 66.6 cm³/mol. The zero-order valence-corrected chi connectivity index (χ0v) is 9.90. The van der Waals surface area contributed by atoms with Gasteiger partial charge in [0.15, 0.2) is 0 Å². The minimum atomic E-state index is 0.108. The monoisotopic (exact) mass is 226 g/mol. The van der Waals surface area contributed by atoms with Gasteiger partial charge >= 0.3 is 0 Å². The van der Waals surface area contributed by atoms with Gasteiger partial charge in [0.05, 0.1) is 17.7 Å². The normalized spacial score (nSPS) is 11.8. The molecule has 1 heterocycles. The highest BCUT2D eigenvalue weighted by Gasteiger charge is 2.08. The summed E-state index contributed by atoms with van der Waals surface area (Å²) in [5.41, 5.74) is 1.64. The van der Waals surface area contributed by atoms with Crippen LogP contribution in [0.1, 0.15) is 30.0 Å². The lowest BCUT2D eigenvalue weighted by Gasteiger charge is -2.12. The Bertz CT molecular complexity index is 534. The summed E-state index contributed by atoms with van der Waals surface area (Å²) >= 11 is 0. The molecule has 0 fully saturated rings. The van der Waals surface area contributed by atoms with Crippen molar-refractivity contribution in [1.29, 1.82) is 5.26 Å². The van der Waals surface area contributed by atoms with Gasteiger partial charge in [-0.1, -0.05) is 0 Å². The van der Waals surface area contributed by atoms with Crippen molar-refractivity contribution >= 4 is 5.69 Å². The molecule has 2 rings (SSSR count). The number of anilines is 1. The second-order valence-electron chi connectivity index (χ2n) is 4.00. The molecule has 0 saturated heterocycles. The van der Waals surface area contributed by atoms with Crippen LogP contribution in [0.4, 0.5) is 5.69 Å². The fourth-order valence-electron chi connectivity index (χ4n) is 1.65. The van der Waals surface area contributed by atoms with Crippen molar-refractivity contribution in [2.75, 3.05) is 5.32 Å². The molecule has 2 aromatic rings. The standard InChI is InChI=1S/C14H14N2O/c1-10-3-8-14(17-10)11(2)16-13-6-4-12(9-15)5-7-13/h3-8,11,16H,1-2H3. The molecule has 86 valence electrons. The lowest BCUT2D eigenvalue weighted by atomic mass is 10.2. The molecule has 1 N–H and O–H groups in total. The van der Waals surface area contributed by atoms with E-state index in [1.165, 1.54) is 0 Å². The van der Waals surface area contributed by atoms with E-state index in [1.54, 1.807) is 12.1 Å². The van der Waals surface area contributed by atoms with Gasteiger partial charge in [-0.3, -0.25) is 0 Å². The second-order valence-corrected chi connectivity index (χ2v) is 4.00. The number of hydrogen-bond donors (Lipinski definition) is 1. The van der Waals surface area contributed by atoms with E-state index < -0.39 is 0 Å². The first-order valence-electron chi connectivity index (χ1n) is 5.52. The molecule has 0 aliphatic heterocycles. The van der Waals surface area contributed by atoms with Crippen LogP contribution >= 0.6 is 0 Å². The van der Waals surface area contributed by atoms with E-state index in [0.717, 1.165) is 17.2 Å². The molecule has 17 heavy (non-hydrogen) atoms. The summed E-state index contributed by atoms with van der Waals surface area (Å²) in [6.45, 7) is 3.97. The van der Waals surface area contributed by atoms with E-state index in [-0.39, 0.29) is 6.04 Å². The highest BCUT2D eigenvalue weighted by atomic mass is 16.3. The average molecular weight is 226 g/mol. The number of aryl methyl sites for hydroxylation is 1. The number of nitrogens with zero attached hydrogens (tertiary/aromatic N) is 1. The topological polar surface area (TPSA) is 49.0 Å². The molecule has 0 saturated carbocycles. The Labute approximate surface area is 101 Å². The smallest absolute Gasteiger partial charge is 0.126 e. The lowest BCUT2D eigenvalue weighted by molar-refractivity contribution is 0.467. The SMILES string of the molecule is Cc1ccc(C(C)Nc2ccc(C#N)cc2)o1. The highest BCUT2D eigenvalue weighted by Crippen LogP contribution is 2.21. The summed E-state index contributed by atoms with van der Waals surface area (Å²) < 4.78 is 5.55. The third-order valence-corrected chi connectivity index (χ3v) is 2.59. The van der Waals surface area contributed by atoms with Gasteiger partial charge in [0.1, 0.15) is 11.5 Å². The number of furan rings is 1. The van der Waals surface area contributed by atoms with E-state index in [2.05, 4.69) is 11.4 Å². The molecule has 1 unspecified atom stereocenters. The number of hydrogen-bond acceptors (Lipinski definition) is 3. The molecule has 0 bridgehead atoms. The van der Waals surface area contributed by atoms with Gasteiger partial charge in [-0.2, -0.15) is 5.26 Å². The van der Waals surface area contributed by atoms with Crippen LogP contribution in [-0.2, 0) is 0 Å². The van der Waals surface area contributed by atoms with Crippen LogP contribution < -0.4 is 5.32 Å². The maximum Gasteiger partial charge on any atom is 0.126 e. The summed E-state index contributed by atoms with van der Waals surface area (Å²) in [6.07, 6.45) is 0. The molecule has 1 aromatic heterocycles. The van der Waals surface area contributed by atoms with Crippen LogP contribution in [0.25, 0.3) is 0 Å². The fourth-order valence-corrected chi connectivity index (χ4v) is 1.65. The Morgan fingerprint density at radius 3 is 2.41 bits per heavy atom.